The number of carboxylic acids is 1. The van der Waals surface area contributed by atoms with Gasteiger partial charge in [-0.15, -0.1) is 0 Å². The molecule has 21 heavy (non-hydrogen) atoms. The van der Waals surface area contributed by atoms with E-state index in [2.05, 4.69) is 10.2 Å². The van der Waals surface area contributed by atoms with Gasteiger partial charge in [-0.05, 0) is 51.7 Å². The van der Waals surface area contributed by atoms with Gasteiger partial charge in [0.15, 0.2) is 0 Å². The summed E-state index contributed by atoms with van der Waals surface area (Å²) < 4.78 is 0. The van der Waals surface area contributed by atoms with Gasteiger partial charge in [-0.25, -0.2) is 4.79 Å². The predicted octanol–water partition coefficient (Wildman–Crippen LogP) is 2.24. The molecule has 1 fully saturated rings. The van der Waals surface area contributed by atoms with E-state index in [-0.39, 0.29) is 22.9 Å². The van der Waals surface area contributed by atoms with E-state index in [0.717, 1.165) is 32.2 Å². The molecule has 2 N–H and O–H groups in total. The minimum Gasteiger partial charge on any atom is -0.477 e. The quantitative estimate of drug-likeness (QED) is 0.506. The molecule has 0 radical (unpaired) electrons. The van der Waals surface area contributed by atoms with Crippen LogP contribution in [0.15, 0.2) is 11.8 Å². The largest absolute Gasteiger partial charge is 0.477 e. The van der Waals surface area contributed by atoms with Crippen molar-refractivity contribution < 1.29 is 14.7 Å². The molecule has 0 bridgehead atoms. The molecular weight excluding hydrogens is 268 g/mol. The van der Waals surface area contributed by atoms with E-state index < -0.39 is 5.97 Å². The van der Waals surface area contributed by atoms with E-state index in [1.54, 1.807) is 6.08 Å². The molecule has 5 heteroatoms. The van der Waals surface area contributed by atoms with Crippen LogP contribution in [0.5, 0.6) is 0 Å². The maximum Gasteiger partial charge on any atom is 0.352 e. The van der Waals surface area contributed by atoms with Gasteiger partial charge in [-0.3, -0.25) is 4.79 Å². The summed E-state index contributed by atoms with van der Waals surface area (Å²) in [6.07, 6.45) is 6.25. The van der Waals surface area contributed by atoms with Gasteiger partial charge in [0.25, 0.3) is 0 Å². The second-order valence-corrected chi connectivity index (χ2v) is 6.81. The Morgan fingerprint density at radius 2 is 1.90 bits per heavy atom. The average Bonchev–Trinajstić information content (AvgIpc) is 3.00. The number of carboxylic acid groups (broad SMARTS) is 1. The number of carbonyl (C=O) groups excluding carboxylic acids is 1. The topological polar surface area (TPSA) is 69.6 Å². The third kappa shape index (κ3) is 6.29. The van der Waals surface area contributed by atoms with Crippen LogP contribution in [0.1, 0.15) is 46.0 Å². The van der Waals surface area contributed by atoms with Crippen molar-refractivity contribution in [1.82, 2.24) is 10.2 Å². The van der Waals surface area contributed by atoms with Crippen molar-refractivity contribution in [2.24, 2.45) is 11.3 Å². The molecule has 5 nitrogen and oxygen atoms in total. The molecule has 0 heterocycles. The zero-order chi connectivity index (χ0) is 16.0. The first kappa shape index (κ1) is 17.7. The number of nitrogens with zero attached hydrogens (tertiary/aromatic N) is 1. The Morgan fingerprint density at radius 1 is 1.29 bits per heavy atom. The maximum absolute atomic E-state index is 11.9. The molecule has 1 unspecified atom stereocenters. The number of hydrogen-bond donors (Lipinski definition) is 2. The first-order valence-electron chi connectivity index (χ1n) is 7.63. The standard InChI is InChI=1S/C16H28N2O3/c1-16(2)11-12(16)14(19)17-13(15(20)21)9-7-5-6-8-10-18(3)4/h9,12H,5-8,10-11H2,1-4H3,(H,17,19)(H,20,21). The summed E-state index contributed by atoms with van der Waals surface area (Å²) in [6.45, 7) is 5.08. The molecule has 0 aliphatic heterocycles. The lowest BCUT2D eigenvalue weighted by molar-refractivity contribution is -0.135. The molecular formula is C16H28N2O3. The van der Waals surface area contributed by atoms with Crippen LogP contribution < -0.4 is 5.32 Å². The predicted molar refractivity (Wildman–Crippen MR) is 82.8 cm³/mol. The summed E-state index contributed by atoms with van der Waals surface area (Å²) in [5, 5.41) is 11.7. The third-order valence-corrected chi connectivity index (χ3v) is 3.98. The number of rotatable bonds is 9. The van der Waals surface area contributed by atoms with E-state index in [4.69, 9.17) is 5.11 Å². The third-order valence-electron chi connectivity index (χ3n) is 3.98. The molecule has 1 rings (SSSR count). The van der Waals surface area contributed by atoms with Crippen LogP contribution in [0, 0.1) is 11.3 Å². The van der Waals surface area contributed by atoms with Crippen molar-refractivity contribution in [2.75, 3.05) is 20.6 Å². The number of hydrogen-bond acceptors (Lipinski definition) is 3. The van der Waals surface area contributed by atoms with Crippen LogP contribution in [0.4, 0.5) is 0 Å². The molecule has 0 saturated heterocycles. The molecule has 0 aromatic rings. The smallest absolute Gasteiger partial charge is 0.352 e. The lowest BCUT2D eigenvalue weighted by atomic mass is 10.1. The summed E-state index contributed by atoms with van der Waals surface area (Å²) >= 11 is 0. The Hall–Kier alpha value is -1.36. The fourth-order valence-corrected chi connectivity index (χ4v) is 2.32. The van der Waals surface area contributed by atoms with Gasteiger partial charge >= 0.3 is 5.97 Å². The van der Waals surface area contributed by atoms with Gasteiger partial charge in [0.05, 0.1) is 0 Å². The lowest BCUT2D eigenvalue weighted by Gasteiger charge is -2.09. The van der Waals surface area contributed by atoms with E-state index in [1.807, 2.05) is 27.9 Å². The van der Waals surface area contributed by atoms with E-state index in [0.29, 0.717) is 6.42 Å². The van der Waals surface area contributed by atoms with Crippen molar-refractivity contribution in [2.45, 2.75) is 46.0 Å². The second kappa shape index (κ2) is 7.59. The molecule has 120 valence electrons. The Labute approximate surface area is 127 Å². The highest BCUT2D eigenvalue weighted by Gasteiger charge is 2.50. The maximum atomic E-state index is 11.9. The van der Waals surface area contributed by atoms with Gasteiger partial charge in [0, 0.05) is 5.92 Å². The first-order chi connectivity index (χ1) is 9.74. The molecule has 0 aromatic carbocycles. The minimum atomic E-state index is -1.06. The first-order valence-corrected chi connectivity index (χ1v) is 7.63. The van der Waals surface area contributed by atoms with Crippen molar-refractivity contribution in [3.8, 4) is 0 Å². The number of nitrogens with one attached hydrogen (secondary N) is 1. The van der Waals surface area contributed by atoms with Crippen LogP contribution in [-0.4, -0.2) is 42.5 Å². The van der Waals surface area contributed by atoms with E-state index in [9.17, 15) is 9.59 Å². The average molecular weight is 296 g/mol. The SMILES string of the molecule is CN(C)CCCCCC=C(NC(=O)C1CC1(C)C)C(=O)O. The molecule has 1 aliphatic carbocycles. The molecule has 1 amide bonds. The van der Waals surface area contributed by atoms with Gasteiger partial charge in [-0.1, -0.05) is 26.3 Å². The highest BCUT2D eigenvalue weighted by molar-refractivity contribution is 5.94. The van der Waals surface area contributed by atoms with Crippen molar-refractivity contribution in [3.63, 3.8) is 0 Å². The zero-order valence-electron chi connectivity index (χ0n) is 13.6. The number of aliphatic carboxylic acids is 1. The number of amides is 1. The summed E-state index contributed by atoms with van der Waals surface area (Å²) in [6, 6.07) is 0. The van der Waals surface area contributed by atoms with Crippen LogP contribution in [0.25, 0.3) is 0 Å². The van der Waals surface area contributed by atoms with Gasteiger partial charge in [-0.2, -0.15) is 0 Å². The molecule has 1 saturated carbocycles. The zero-order valence-corrected chi connectivity index (χ0v) is 13.6. The summed E-state index contributed by atoms with van der Waals surface area (Å²) in [4.78, 5) is 25.2. The normalized spacial score (nSPS) is 20.4. The molecule has 1 aliphatic rings. The van der Waals surface area contributed by atoms with Crippen molar-refractivity contribution in [1.29, 1.82) is 0 Å². The molecule has 1 atom stereocenters. The fraction of sp³-hybridized carbons (Fsp3) is 0.750. The Morgan fingerprint density at radius 3 is 2.38 bits per heavy atom. The number of allylic oxidation sites excluding steroid dienone is 1. The van der Waals surface area contributed by atoms with Crippen LogP contribution in [0.2, 0.25) is 0 Å². The van der Waals surface area contributed by atoms with Crippen LogP contribution in [-0.2, 0) is 9.59 Å². The van der Waals surface area contributed by atoms with Crippen molar-refractivity contribution in [3.05, 3.63) is 11.8 Å². The number of unbranched alkanes of at least 4 members (excludes halogenated alkanes) is 3. The summed E-state index contributed by atoms with van der Waals surface area (Å²) in [5.74, 6) is -1.28. The Kier molecular flexibility index (Phi) is 6.40. The number of carbonyl (C=O) groups is 2. The van der Waals surface area contributed by atoms with Gasteiger partial charge in [0.1, 0.15) is 5.70 Å². The van der Waals surface area contributed by atoms with Gasteiger partial charge < -0.3 is 15.3 Å². The molecule has 0 aromatic heterocycles. The van der Waals surface area contributed by atoms with Crippen LogP contribution >= 0.6 is 0 Å². The summed E-state index contributed by atoms with van der Waals surface area (Å²) in [7, 11) is 4.08. The minimum absolute atomic E-state index is 0.0138. The van der Waals surface area contributed by atoms with Crippen LogP contribution in [0.3, 0.4) is 0 Å². The van der Waals surface area contributed by atoms with E-state index >= 15 is 0 Å². The lowest BCUT2D eigenvalue weighted by Crippen LogP contribution is -2.29. The highest BCUT2D eigenvalue weighted by atomic mass is 16.4. The Bertz CT molecular complexity index is 414. The Balaban J connectivity index is 2.34. The van der Waals surface area contributed by atoms with E-state index in [1.165, 1.54) is 0 Å². The van der Waals surface area contributed by atoms with Crippen molar-refractivity contribution >= 4 is 11.9 Å². The second-order valence-electron chi connectivity index (χ2n) is 6.81. The highest BCUT2D eigenvalue weighted by Crippen LogP contribution is 2.51. The monoisotopic (exact) mass is 296 g/mol. The summed E-state index contributed by atoms with van der Waals surface area (Å²) in [5.41, 5.74) is 0.0372. The van der Waals surface area contributed by atoms with Gasteiger partial charge in [0.2, 0.25) is 5.91 Å². The fourth-order valence-electron chi connectivity index (χ4n) is 2.32. The molecule has 0 spiro atoms.